The summed E-state index contributed by atoms with van der Waals surface area (Å²) in [6.07, 6.45) is 0. The predicted molar refractivity (Wildman–Crippen MR) is 144 cm³/mol. The number of rotatable bonds is 9. The molecule has 186 valence electrons. The summed E-state index contributed by atoms with van der Waals surface area (Å²) in [5.74, 6) is -0.0609. The minimum atomic E-state index is -0.591. The lowest BCUT2D eigenvalue weighted by Crippen LogP contribution is -2.26. The molecule has 3 aromatic carbocycles. The number of nitrogens with one attached hydrogen (secondary N) is 1. The number of fused-ring (bicyclic) bond motifs is 1. The second kappa shape index (κ2) is 11.2. The van der Waals surface area contributed by atoms with Gasteiger partial charge in [-0.2, -0.15) is 0 Å². The van der Waals surface area contributed by atoms with Crippen LogP contribution in [0.15, 0.2) is 77.8 Å². The van der Waals surface area contributed by atoms with Gasteiger partial charge in [0.25, 0.3) is 5.91 Å². The number of benzene rings is 3. The Bertz CT molecular complexity index is 1250. The largest absolute Gasteiger partial charge is 0.492 e. The first-order valence-electron chi connectivity index (χ1n) is 12.1. The van der Waals surface area contributed by atoms with Crippen molar-refractivity contribution < 1.29 is 14.3 Å². The molecule has 2 amide bonds. The Morgan fingerprint density at radius 2 is 1.69 bits per heavy atom. The molecule has 0 radical (unpaired) electrons. The lowest BCUT2D eigenvalue weighted by Gasteiger charge is -2.16. The summed E-state index contributed by atoms with van der Waals surface area (Å²) < 4.78 is 5.79. The van der Waals surface area contributed by atoms with Crippen LogP contribution in [0, 0.1) is 0 Å². The maximum absolute atomic E-state index is 13.2. The van der Waals surface area contributed by atoms with Gasteiger partial charge in [0, 0.05) is 31.4 Å². The highest BCUT2D eigenvalue weighted by Gasteiger charge is 2.36. The number of nitrogens with zero attached hydrogens (tertiary/aromatic N) is 3. The molecule has 0 saturated carbocycles. The number of carbonyl (C=O) groups excluding carboxylic acids is 2. The van der Waals surface area contributed by atoms with Crippen LogP contribution < -0.4 is 10.1 Å². The molecule has 1 atom stereocenters. The number of hydrogen-bond donors (Lipinski definition) is 1. The van der Waals surface area contributed by atoms with Crippen LogP contribution in [0.4, 0.5) is 11.4 Å². The number of carbonyl (C=O) groups is 2. The lowest BCUT2D eigenvalue weighted by atomic mass is 9.90. The minimum Gasteiger partial charge on any atom is -0.492 e. The molecule has 4 rings (SSSR count). The van der Waals surface area contributed by atoms with Crippen molar-refractivity contribution in [2.75, 3.05) is 46.2 Å². The first kappa shape index (κ1) is 25.1. The van der Waals surface area contributed by atoms with E-state index in [4.69, 9.17) is 9.73 Å². The van der Waals surface area contributed by atoms with Gasteiger partial charge >= 0.3 is 0 Å². The fourth-order valence-electron chi connectivity index (χ4n) is 4.04. The maximum atomic E-state index is 13.2. The molecule has 0 saturated heterocycles. The number of aliphatic imine (C=N–C) groups is 1. The van der Waals surface area contributed by atoms with Gasteiger partial charge in [0.2, 0.25) is 5.91 Å². The zero-order valence-electron chi connectivity index (χ0n) is 21.2. The van der Waals surface area contributed by atoms with Gasteiger partial charge in [0.05, 0.1) is 11.4 Å². The topological polar surface area (TPSA) is 74.2 Å². The molecule has 36 heavy (non-hydrogen) atoms. The molecule has 1 unspecified atom stereocenters. The van der Waals surface area contributed by atoms with Gasteiger partial charge in [-0.1, -0.05) is 36.4 Å². The number of anilines is 1. The Labute approximate surface area is 212 Å². The van der Waals surface area contributed by atoms with Gasteiger partial charge in [0.1, 0.15) is 18.3 Å². The van der Waals surface area contributed by atoms with Gasteiger partial charge < -0.3 is 19.9 Å². The van der Waals surface area contributed by atoms with E-state index in [1.54, 1.807) is 24.1 Å². The predicted octanol–water partition coefficient (Wildman–Crippen LogP) is 4.58. The van der Waals surface area contributed by atoms with E-state index in [0.29, 0.717) is 30.1 Å². The minimum absolute atomic E-state index is 0.0807. The van der Waals surface area contributed by atoms with Gasteiger partial charge in [-0.05, 0) is 68.5 Å². The Balaban J connectivity index is 1.67. The summed E-state index contributed by atoms with van der Waals surface area (Å²) in [7, 11) is 5.77. The molecule has 7 nitrogen and oxygen atoms in total. The first-order chi connectivity index (χ1) is 17.4. The van der Waals surface area contributed by atoms with Gasteiger partial charge in [-0.3, -0.25) is 14.6 Å². The van der Waals surface area contributed by atoms with Crippen LogP contribution in [0.2, 0.25) is 0 Å². The smallest absolute Gasteiger partial charge is 0.253 e. The molecular formula is C29H32N4O3. The van der Waals surface area contributed by atoms with Crippen LogP contribution in [-0.4, -0.2) is 68.2 Å². The summed E-state index contributed by atoms with van der Waals surface area (Å²) in [5, 5.41) is 2.96. The Kier molecular flexibility index (Phi) is 7.80. The van der Waals surface area contributed by atoms with Crippen LogP contribution in [-0.2, 0) is 4.79 Å². The van der Waals surface area contributed by atoms with E-state index in [2.05, 4.69) is 10.2 Å². The van der Waals surface area contributed by atoms with E-state index in [0.717, 1.165) is 29.1 Å². The van der Waals surface area contributed by atoms with Gasteiger partial charge in [-0.25, -0.2) is 0 Å². The molecule has 1 aliphatic heterocycles. The van der Waals surface area contributed by atoms with E-state index in [-0.39, 0.29) is 11.8 Å². The molecule has 1 heterocycles. The van der Waals surface area contributed by atoms with E-state index in [9.17, 15) is 9.59 Å². The van der Waals surface area contributed by atoms with Crippen molar-refractivity contribution in [2.24, 2.45) is 4.99 Å². The van der Waals surface area contributed by atoms with Crippen LogP contribution >= 0.6 is 0 Å². The fraction of sp³-hybridized carbons (Fsp3) is 0.276. The Morgan fingerprint density at radius 1 is 0.972 bits per heavy atom. The quantitative estimate of drug-likeness (QED) is 0.452. The van der Waals surface area contributed by atoms with Crippen LogP contribution in [0.5, 0.6) is 5.75 Å². The van der Waals surface area contributed by atoms with E-state index in [1.165, 1.54) is 0 Å². The Hall–Kier alpha value is -3.97. The van der Waals surface area contributed by atoms with Crippen LogP contribution in [0.3, 0.4) is 0 Å². The molecular weight excluding hydrogens is 452 g/mol. The van der Waals surface area contributed by atoms with E-state index >= 15 is 0 Å². The SMILES string of the molecule is CCN(C)C(=O)c1ccc2c(c1)NC(=O)C2C(=Nc1ccc(OCCN(C)C)cc1)c1ccccc1. The van der Waals surface area contributed by atoms with Crippen molar-refractivity contribution in [2.45, 2.75) is 12.8 Å². The average molecular weight is 485 g/mol. The normalized spacial score (nSPS) is 15.0. The number of hydrogen-bond acceptors (Lipinski definition) is 5. The van der Waals surface area contributed by atoms with Crippen LogP contribution in [0.25, 0.3) is 0 Å². The molecule has 0 bridgehead atoms. The highest BCUT2D eigenvalue weighted by molar-refractivity contribution is 6.24. The molecule has 3 aromatic rings. The van der Waals surface area contributed by atoms with Crippen molar-refractivity contribution in [3.63, 3.8) is 0 Å². The maximum Gasteiger partial charge on any atom is 0.253 e. The fourth-order valence-corrected chi connectivity index (χ4v) is 4.04. The molecule has 7 heteroatoms. The van der Waals surface area contributed by atoms with Gasteiger partial charge in [0.15, 0.2) is 0 Å². The highest BCUT2D eigenvalue weighted by Crippen LogP contribution is 2.37. The van der Waals surface area contributed by atoms with Crippen molar-refractivity contribution >= 4 is 28.9 Å². The molecule has 0 aliphatic carbocycles. The van der Waals surface area contributed by atoms with Crippen LogP contribution in [0.1, 0.15) is 34.3 Å². The molecule has 0 spiro atoms. The van der Waals surface area contributed by atoms with Crippen molar-refractivity contribution in [1.29, 1.82) is 0 Å². The van der Waals surface area contributed by atoms with E-state index < -0.39 is 5.92 Å². The van der Waals surface area contributed by atoms with Crippen molar-refractivity contribution in [1.82, 2.24) is 9.80 Å². The van der Waals surface area contributed by atoms with Crippen molar-refractivity contribution in [3.05, 3.63) is 89.5 Å². The van der Waals surface area contributed by atoms with Crippen molar-refractivity contribution in [3.8, 4) is 5.75 Å². The standard InChI is InChI=1S/C29H32N4O3/c1-5-33(4)29(35)21-11-16-24-25(19-21)31-28(34)26(24)27(20-9-7-6-8-10-20)30-22-12-14-23(15-13-22)36-18-17-32(2)3/h6-16,19,26H,5,17-18H2,1-4H3,(H,31,34). The summed E-state index contributed by atoms with van der Waals surface area (Å²) >= 11 is 0. The summed E-state index contributed by atoms with van der Waals surface area (Å²) in [5.41, 5.74) is 4.24. The van der Waals surface area contributed by atoms with Gasteiger partial charge in [-0.15, -0.1) is 0 Å². The molecule has 0 aromatic heterocycles. The third kappa shape index (κ3) is 5.63. The molecule has 1 aliphatic rings. The highest BCUT2D eigenvalue weighted by atomic mass is 16.5. The first-order valence-corrected chi connectivity index (χ1v) is 12.1. The third-order valence-corrected chi connectivity index (χ3v) is 6.19. The number of likely N-dealkylation sites (N-methyl/N-ethyl adjacent to an activating group) is 1. The number of amides is 2. The monoisotopic (exact) mass is 484 g/mol. The zero-order chi connectivity index (χ0) is 25.7. The van der Waals surface area contributed by atoms with E-state index in [1.807, 2.05) is 81.7 Å². The zero-order valence-corrected chi connectivity index (χ0v) is 21.2. The molecule has 1 N–H and O–H groups in total. The summed E-state index contributed by atoms with van der Waals surface area (Å²) in [6, 6.07) is 22.7. The lowest BCUT2D eigenvalue weighted by molar-refractivity contribution is -0.115. The number of ether oxygens (including phenoxy) is 1. The average Bonchev–Trinajstić information content (AvgIpc) is 3.22. The summed E-state index contributed by atoms with van der Waals surface area (Å²) in [4.78, 5) is 34.5. The summed E-state index contributed by atoms with van der Waals surface area (Å²) in [6.45, 7) is 3.96. The third-order valence-electron chi connectivity index (χ3n) is 6.19. The molecule has 0 fully saturated rings. The second-order valence-electron chi connectivity index (χ2n) is 9.05. The Morgan fingerprint density at radius 3 is 2.36 bits per heavy atom. The second-order valence-corrected chi connectivity index (χ2v) is 9.05.